The van der Waals surface area contributed by atoms with Crippen LogP contribution in [0.2, 0.25) is 0 Å². The maximum Gasteiger partial charge on any atom is 0.333 e. The number of rotatable bonds is 2. The smallest absolute Gasteiger partial charge is 0.293 e. The van der Waals surface area contributed by atoms with E-state index >= 15 is 0 Å². The number of fused-ring (bicyclic) bond motifs is 3. The lowest BCUT2D eigenvalue weighted by molar-refractivity contribution is 0.624. The van der Waals surface area contributed by atoms with Crippen molar-refractivity contribution in [3.05, 3.63) is 93.8 Å². The average molecular weight is 433 g/mol. The van der Waals surface area contributed by atoms with Gasteiger partial charge in [0.1, 0.15) is 11.9 Å². The van der Waals surface area contributed by atoms with Crippen molar-refractivity contribution < 1.29 is 4.39 Å². The van der Waals surface area contributed by atoms with E-state index < -0.39 is 5.82 Å². The standard InChI is InChI=1S/C26H16FN5O/c1-15-3-4-16(12-28)9-23(15)32-25-20-11-18(17-5-7-21(27)19(10-17)13-29)6-8-22(20)30-14-24(25)31(2)26(32)33/h3-11,14H,1-2H3. The largest absolute Gasteiger partial charge is 0.333 e. The first-order valence-corrected chi connectivity index (χ1v) is 10.1. The van der Waals surface area contributed by atoms with Crippen LogP contribution in [-0.4, -0.2) is 14.1 Å². The normalized spacial score (nSPS) is 10.9. The van der Waals surface area contributed by atoms with Crippen LogP contribution in [0.5, 0.6) is 0 Å². The number of benzene rings is 3. The van der Waals surface area contributed by atoms with E-state index in [1.165, 1.54) is 16.7 Å². The fourth-order valence-electron chi connectivity index (χ4n) is 4.11. The number of aromatic nitrogens is 3. The average Bonchev–Trinajstić information content (AvgIpc) is 3.09. The van der Waals surface area contributed by atoms with Crippen molar-refractivity contribution in [2.24, 2.45) is 7.05 Å². The summed E-state index contributed by atoms with van der Waals surface area (Å²) in [5.41, 5.74) is 5.06. The van der Waals surface area contributed by atoms with Gasteiger partial charge in [-0.15, -0.1) is 0 Å². The summed E-state index contributed by atoms with van der Waals surface area (Å²) in [5, 5.41) is 19.3. The van der Waals surface area contributed by atoms with Crippen molar-refractivity contribution in [2.75, 3.05) is 0 Å². The van der Waals surface area contributed by atoms with E-state index in [0.29, 0.717) is 33.4 Å². The summed E-state index contributed by atoms with van der Waals surface area (Å²) in [6.45, 7) is 1.89. The number of nitriles is 2. The summed E-state index contributed by atoms with van der Waals surface area (Å²) in [5.74, 6) is -0.573. The Morgan fingerprint density at radius 3 is 2.48 bits per heavy atom. The fourth-order valence-corrected chi connectivity index (χ4v) is 4.11. The molecule has 5 rings (SSSR count). The number of pyridine rings is 1. The third-order valence-electron chi connectivity index (χ3n) is 5.88. The number of nitrogens with zero attached hydrogens (tertiary/aromatic N) is 5. The Balaban J connectivity index is 1.88. The summed E-state index contributed by atoms with van der Waals surface area (Å²) in [4.78, 5) is 17.8. The highest BCUT2D eigenvalue weighted by Crippen LogP contribution is 2.31. The molecule has 0 bridgehead atoms. The molecule has 0 saturated carbocycles. The minimum absolute atomic E-state index is 0.0375. The lowest BCUT2D eigenvalue weighted by Crippen LogP contribution is -2.21. The van der Waals surface area contributed by atoms with E-state index in [-0.39, 0.29) is 11.3 Å². The highest BCUT2D eigenvalue weighted by Gasteiger charge is 2.18. The lowest BCUT2D eigenvalue weighted by atomic mass is 10.0. The summed E-state index contributed by atoms with van der Waals surface area (Å²) in [7, 11) is 1.68. The first kappa shape index (κ1) is 20.2. The molecule has 0 amide bonds. The Bertz CT molecular complexity index is 1750. The van der Waals surface area contributed by atoms with Crippen LogP contribution < -0.4 is 5.69 Å². The Morgan fingerprint density at radius 1 is 0.970 bits per heavy atom. The molecule has 0 N–H and O–H groups in total. The Hall–Kier alpha value is -4.75. The minimum atomic E-state index is -0.573. The van der Waals surface area contributed by atoms with Crippen molar-refractivity contribution in [2.45, 2.75) is 6.92 Å². The van der Waals surface area contributed by atoms with Crippen LogP contribution in [0.25, 0.3) is 38.8 Å². The highest BCUT2D eigenvalue weighted by atomic mass is 19.1. The van der Waals surface area contributed by atoms with Crippen molar-refractivity contribution >= 4 is 21.9 Å². The van der Waals surface area contributed by atoms with E-state index in [4.69, 9.17) is 0 Å². The van der Waals surface area contributed by atoms with E-state index in [9.17, 15) is 19.7 Å². The molecule has 6 nitrogen and oxygen atoms in total. The molecule has 0 aliphatic heterocycles. The molecule has 0 saturated heterocycles. The van der Waals surface area contributed by atoms with Crippen molar-refractivity contribution in [1.29, 1.82) is 10.5 Å². The van der Waals surface area contributed by atoms with E-state index in [2.05, 4.69) is 11.1 Å². The number of hydrogen-bond donors (Lipinski definition) is 0. The monoisotopic (exact) mass is 433 g/mol. The molecule has 7 heteroatoms. The third kappa shape index (κ3) is 3.07. The van der Waals surface area contributed by atoms with Gasteiger partial charge >= 0.3 is 5.69 Å². The molecule has 2 heterocycles. The SMILES string of the molecule is Cc1ccc(C#N)cc1-n1c(=O)n(C)c2cnc3ccc(-c4ccc(F)c(C#N)c4)cc3c21. The van der Waals surface area contributed by atoms with Gasteiger partial charge in [0, 0.05) is 12.4 Å². The van der Waals surface area contributed by atoms with Gasteiger partial charge in [0.25, 0.3) is 0 Å². The van der Waals surface area contributed by atoms with Gasteiger partial charge in [0.05, 0.1) is 45.6 Å². The molecule has 0 spiro atoms. The maximum absolute atomic E-state index is 13.8. The van der Waals surface area contributed by atoms with Gasteiger partial charge < -0.3 is 0 Å². The summed E-state index contributed by atoms with van der Waals surface area (Å²) in [6, 6.07) is 19.2. The molecule has 0 aliphatic carbocycles. The van der Waals surface area contributed by atoms with Gasteiger partial charge in [0.15, 0.2) is 0 Å². The second-order valence-electron chi connectivity index (χ2n) is 7.82. The molecule has 0 radical (unpaired) electrons. The zero-order chi connectivity index (χ0) is 23.3. The molecular formula is C26H16FN5O. The minimum Gasteiger partial charge on any atom is -0.293 e. The summed E-state index contributed by atoms with van der Waals surface area (Å²) >= 11 is 0. The first-order chi connectivity index (χ1) is 15.9. The second kappa shape index (κ2) is 7.44. The summed E-state index contributed by atoms with van der Waals surface area (Å²) in [6.07, 6.45) is 1.66. The van der Waals surface area contributed by atoms with Crippen LogP contribution in [0.15, 0.2) is 65.6 Å². The van der Waals surface area contributed by atoms with Gasteiger partial charge in [0.2, 0.25) is 0 Å². The zero-order valence-electron chi connectivity index (χ0n) is 17.8. The van der Waals surface area contributed by atoms with Crippen LogP contribution in [0.4, 0.5) is 4.39 Å². The Labute approximate surface area is 188 Å². The molecule has 3 aromatic carbocycles. The Kier molecular flexibility index (Phi) is 4.54. The summed E-state index contributed by atoms with van der Waals surface area (Å²) < 4.78 is 17.0. The van der Waals surface area contributed by atoms with Crippen molar-refractivity contribution in [1.82, 2.24) is 14.1 Å². The predicted octanol–water partition coefficient (Wildman–Crippen LogP) is 4.74. The second-order valence-corrected chi connectivity index (χ2v) is 7.82. The van der Waals surface area contributed by atoms with Gasteiger partial charge in [-0.2, -0.15) is 10.5 Å². The molecule has 0 fully saturated rings. The molecular weight excluding hydrogens is 417 g/mol. The van der Waals surface area contributed by atoms with Gasteiger partial charge in [-0.05, 0) is 60.0 Å². The maximum atomic E-state index is 13.8. The Morgan fingerprint density at radius 2 is 1.73 bits per heavy atom. The van der Waals surface area contributed by atoms with Crippen LogP contribution in [-0.2, 0) is 7.05 Å². The number of aryl methyl sites for hydroxylation is 2. The molecule has 5 aromatic rings. The molecule has 0 atom stereocenters. The topological polar surface area (TPSA) is 87.4 Å². The van der Waals surface area contributed by atoms with Crippen LogP contribution in [0.3, 0.4) is 0 Å². The van der Waals surface area contributed by atoms with E-state index in [0.717, 1.165) is 16.5 Å². The van der Waals surface area contributed by atoms with E-state index in [1.54, 1.807) is 36.0 Å². The molecule has 2 aromatic heterocycles. The van der Waals surface area contributed by atoms with Crippen LogP contribution in [0.1, 0.15) is 16.7 Å². The van der Waals surface area contributed by atoms with Crippen LogP contribution in [0, 0.1) is 35.4 Å². The first-order valence-electron chi connectivity index (χ1n) is 10.1. The van der Waals surface area contributed by atoms with Crippen molar-refractivity contribution in [3.8, 4) is 29.0 Å². The van der Waals surface area contributed by atoms with Gasteiger partial charge in [-0.3, -0.25) is 14.1 Å². The van der Waals surface area contributed by atoms with Crippen LogP contribution >= 0.6 is 0 Å². The van der Waals surface area contributed by atoms with Crippen molar-refractivity contribution in [3.63, 3.8) is 0 Å². The quantitative estimate of drug-likeness (QED) is 0.402. The highest BCUT2D eigenvalue weighted by molar-refractivity contribution is 6.04. The number of imidazole rings is 1. The number of halogens is 1. The lowest BCUT2D eigenvalue weighted by Gasteiger charge is -2.10. The van der Waals surface area contributed by atoms with Gasteiger partial charge in [-0.25, -0.2) is 9.18 Å². The molecule has 33 heavy (non-hydrogen) atoms. The molecule has 0 aliphatic rings. The predicted molar refractivity (Wildman–Crippen MR) is 123 cm³/mol. The van der Waals surface area contributed by atoms with E-state index in [1.807, 2.05) is 37.3 Å². The molecule has 0 unspecified atom stereocenters. The zero-order valence-corrected chi connectivity index (χ0v) is 17.8. The fraction of sp³-hybridized carbons (Fsp3) is 0.0769. The number of hydrogen-bond acceptors (Lipinski definition) is 4. The molecule has 158 valence electrons. The van der Waals surface area contributed by atoms with Gasteiger partial charge in [-0.1, -0.05) is 18.2 Å². The third-order valence-corrected chi connectivity index (χ3v) is 5.88.